The molecule has 80 valence electrons. The predicted octanol–water partition coefficient (Wildman–Crippen LogP) is 1.55. The Balaban J connectivity index is 2.26. The first-order valence-electron chi connectivity index (χ1n) is 5.41. The van der Waals surface area contributed by atoms with E-state index in [-0.39, 0.29) is 0 Å². The summed E-state index contributed by atoms with van der Waals surface area (Å²) in [6.07, 6.45) is 6.66. The number of rotatable bonds is 0. The van der Waals surface area contributed by atoms with E-state index in [4.69, 9.17) is 4.65 Å². The fourth-order valence-corrected chi connectivity index (χ4v) is 1.57. The molecule has 1 rings (SSSR count). The lowest BCUT2D eigenvalue weighted by molar-refractivity contribution is 0.190. The first-order chi connectivity index (χ1) is 6.79. The normalized spacial score (nSPS) is 21.5. The van der Waals surface area contributed by atoms with Gasteiger partial charge in [0.05, 0.1) is 0 Å². The summed E-state index contributed by atoms with van der Waals surface area (Å²) < 4.78 is 4.73. The number of nitrogens with one attached hydrogen (secondary N) is 1. The number of hydrogen-bond acceptors (Lipinski definition) is 3. The first-order valence-corrected chi connectivity index (χ1v) is 5.41. The minimum Gasteiger partial charge on any atom is -0.493 e. The van der Waals surface area contributed by atoms with Crippen LogP contribution in [0.25, 0.3) is 0 Å². The van der Waals surface area contributed by atoms with Gasteiger partial charge in [-0.1, -0.05) is 32.1 Å². The number of carbonyl (C=O) groups is 1. The van der Waals surface area contributed by atoms with Gasteiger partial charge >= 0.3 is 13.2 Å². The molecular weight excluding hydrogens is 181 g/mol. The van der Waals surface area contributed by atoms with Gasteiger partial charge in [-0.25, -0.2) is 4.79 Å². The van der Waals surface area contributed by atoms with Crippen LogP contribution >= 0.6 is 0 Å². The van der Waals surface area contributed by atoms with Gasteiger partial charge in [0.1, 0.15) is 0 Å². The van der Waals surface area contributed by atoms with Crippen molar-refractivity contribution in [3.63, 3.8) is 0 Å². The summed E-state index contributed by atoms with van der Waals surface area (Å²) >= 11 is 0. The molecule has 1 saturated heterocycles. The standard InChI is InChI=1S/C9H18BNO3/c12-9-11-8-6-4-2-1-3-5-7-10(13)14-9/h13H,1-8H2,(H,11,12). The topological polar surface area (TPSA) is 58.6 Å². The molecule has 0 spiro atoms. The average molecular weight is 199 g/mol. The van der Waals surface area contributed by atoms with Gasteiger partial charge < -0.3 is 15.0 Å². The van der Waals surface area contributed by atoms with Crippen molar-refractivity contribution in [1.82, 2.24) is 5.32 Å². The van der Waals surface area contributed by atoms with Crippen LogP contribution in [0, 0.1) is 0 Å². The first kappa shape index (κ1) is 11.4. The van der Waals surface area contributed by atoms with Gasteiger partial charge in [0.25, 0.3) is 0 Å². The van der Waals surface area contributed by atoms with Crippen LogP contribution in [0.3, 0.4) is 0 Å². The highest BCUT2D eigenvalue weighted by atomic mass is 16.6. The van der Waals surface area contributed by atoms with Crippen molar-refractivity contribution in [1.29, 1.82) is 0 Å². The van der Waals surface area contributed by atoms with E-state index in [2.05, 4.69) is 5.32 Å². The highest BCUT2D eigenvalue weighted by molar-refractivity contribution is 6.45. The van der Waals surface area contributed by atoms with E-state index >= 15 is 0 Å². The maximum Gasteiger partial charge on any atom is 0.525 e. The van der Waals surface area contributed by atoms with E-state index in [9.17, 15) is 9.82 Å². The summed E-state index contributed by atoms with van der Waals surface area (Å²) in [5, 5.41) is 11.9. The van der Waals surface area contributed by atoms with E-state index in [1.165, 1.54) is 12.8 Å². The van der Waals surface area contributed by atoms with Crippen molar-refractivity contribution in [3.05, 3.63) is 0 Å². The maximum atomic E-state index is 11.0. The van der Waals surface area contributed by atoms with Crippen LogP contribution in [0.15, 0.2) is 0 Å². The van der Waals surface area contributed by atoms with Crippen LogP contribution in [0.4, 0.5) is 4.79 Å². The maximum absolute atomic E-state index is 11.0. The smallest absolute Gasteiger partial charge is 0.493 e. The molecule has 1 amide bonds. The molecule has 5 heteroatoms. The third-order valence-corrected chi connectivity index (χ3v) is 2.39. The minimum atomic E-state index is -0.936. The van der Waals surface area contributed by atoms with Crippen LogP contribution in [0.5, 0.6) is 0 Å². The van der Waals surface area contributed by atoms with Gasteiger partial charge in [-0.3, -0.25) is 0 Å². The molecular formula is C9H18BNO3. The second kappa shape index (κ2) is 6.70. The van der Waals surface area contributed by atoms with E-state index in [1.54, 1.807) is 0 Å². The number of hydrogen-bond donors (Lipinski definition) is 2. The van der Waals surface area contributed by atoms with Gasteiger partial charge in [0.15, 0.2) is 0 Å². The van der Waals surface area contributed by atoms with E-state index in [0.29, 0.717) is 12.9 Å². The average Bonchev–Trinajstić information content (AvgIpc) is 2.13. The summed E-state index contributed by atoms with van der Waals surface area (Å²) in [7, 11) is -0.936. The lowest BCUT2D eigenvalue weighted by Crippen LogP contribution is -2.32. The highest BCUT2D eigenvalue weighted by Crippen LogP contribution is 2.09. The van der Waals surface area contributed by atoms with Gasteiger partial charge in [0.2, 0.25) is 0 Å². The van der Waals surface area contributed by atoms with Crippen LogP contribution < -0.4 is 5.32 Å². The zero-order chi connectivity index (χ0) is 10.2. The Kier molecular flexibility index (Phi) is 5.45. The molecule has 2 N–H and O–H groups in total. The lowest BCUT2D eigenvalue weighted by atomic mass is 9.82. The van der Waals surface area contributed by atoms with Crippen LogP contribution in [0.2, 0.25) is 6.32 Å². The molecule has 0 bridgehead atoms. The second-order valence-corrected chi connectivity index (χ2v) is 3.70. The molecule has 1 aliphatic rings. The van der Waals surface area contributed by atoms with Crippen molar-refractivity contribution in [2.45, 2.75) is 44.8 Å². The summed E-state index contributed by atoms with van der Waals surface area (Å²) in [4.78, 5) is 11.0. The molecule has 0 atom stereocenters. The molecule has 4 nitrogen and oxygen atoms in total. The minimum absolute atomic E-state index is 0.502. The Morgan fingerprint density at radius 2 is 1.79 bits per heavy atom. The quantitative estimate of drug-likeness (QED) is 0.582. The second-order valence-electron chi connectivity index (χ2n) is 3.70. The molecule has 1 heterocycles. The number of carbonyl (C=O) groups excluding carboxylic acids is 1. The predicted molar refractivity (Wildman–Crippen MR) is 55.0 cm³/mol. The Labute approximate surface area is 85.2 Å². The van der Waals surface area contributed by atoms with Crippen molar-refractivity contribution in [2.75, 3.05) is 6.54 Å². The third-order valence-electron chi connectivity index (χ3n) is 2.39. The fourth-order valence-electron chi connectivity index (χ4n) is 1.57. The zero-order valence-electron chi connectivity index (χ0n) is 8.50. The summed E-state index contributed by atoms with van der Waals surface area (Å²) in [5.41, 5.74) is 0. The van der Waals surface area contributed by atoms with Crippen LogP contribution in [0.1, 0.15) is 38.5 Å². The summed E-state index contributed by atoms with van der Waals surface area (Å²) in [6.45, 7) is 0.644. The molecule has 0 aromatic heterocycles. The summed E-state index contributed by atoms with van der Waals surface area (Å²) in [5.74, 6) is 0. The Bertz CT molecular complexity index is 177. The Hall–Kier alpha value is -0.705. The van der Waals surface area contributed by atoms with Crippen molar-refractivity contribution < 1.29 is 14.5 Å². The fraction of sp³-hybridized carbons (Fsp3) is 0.889. The largest absolute Gasteiger partial charge is 0.525 e. The van der Waals surface area contributed by atoms with Gasteiger partial charge in [0, 0.05) is 6.54 Å². The highest BCUT2D eigenvalue weighted by Gasteiger charge is 2.17. The molecule has 0 aromatic carbocycles. The molecule has 0 aliphatic carbocycles. The molecule has 14 heavy (non-hydrogen) atoms. The molecule has 0 aromatic rings. The monoisotopic (exact) mass is 199 g/mol. The lowest BCUT2D eigenvalue weighted by Gasteiger charge is -2.11. The van der Waals surface area contributed by atoms with Crippen LogP contribution in [-0.4, -0.2) is 24.8 Å². The third kappa shape index (κ3) is 5.12. The zero-order valence-corrected chi connectivity index (χ0v) is 8.50. The molecule has 1 fully saturated rings. The van der Waals surface area contributed by atoms with Crippen molar-refractivity contribution >= 4 is 13.2 Å². The summed E-state index contributed by atoms with van der Waals surface area (Å²) in [6, 6.07) is 0. The Morgan fingerprint density at radius 3 is 2.57 bits per heavy atom. The van der Waals surface area contributed by atoms with Crippen LogP contribution in [-0.2, 0) is 4.65 Å². The molecule has 0 unspecified atom stereocenters. The Morgan fingerprint density at radius 1 is 1.14 bits per heavy atom. The van der Waals surface area contributed by atoms with E-state index in [1.807, 2.05) is 0 Å². The van der Waals surface area contributed by atoms with Gasteiger partial charge in [-0.2, -0.15) is 0 Å². The van der Waals surface area contributed by atoms with E-state index in [0.717, 1.165) is 25.7 Å². The SMILES string of the molecule is O=C1NCCCCCCCCB(O)O1. The van der Waals surface area contributed by atoms with Gasteiger partial charge in [-0.05, 0) is 12.7 Å². The molecule has 0 saturated carbocycles. The van der Waals surface area contributed by atoms with E-state index < -0.39 is 13.2 Å². The number of amides is 1. The van der Waals surface area contributed by atoms with Crippen molar-refractivity contribution in [2.24, 2.45) is 0 Å². The molecule has 0 radical (unpaired) electrons. The van der Waals surface area contributed by atoms with Crippen molar-refractivity contribution in [3.8, 4) is 0 Å². The molecule has 1 aliphatic heterocycles. The van der Waals surface area contributed by atoms with Gasteiger partial charge in [-0.15, -0.1) is 0 Å².